The van der Waals surface area contributed by atoms with Crippen LogP contribution in [-0.2, 0) is 4.79 Å². The van der Waals surface area contributed by atoms with E-state index in [0.717, 1.165) is 12.8 Å². The van der Waals surface area contributed by atoms with Gasteiger partial charge in [-0.3, -0.25) is 4.79 Å². The van der Waals surface area contributed by atoms with Crippen LogP contribution in [0.2, 0.25) is 0 Å². The first-order chi connectivity index (χ1) is 9.72. The predicted octanol–water partition coefficient (Wildman–Crippen LogP) is 0.146. The first kappa shape index (κ1) is 20.8. The number of hydrogen-bond acceptors (Lipinski definition) is 3. The van der Waals surface area contributed by atoms with Gasteiger partial charge < -0.3 is 22.3 Å². The van der Waals surface area contributed by atoms with Crippen LogP contribution < -0.4 is 22.3 Å². The summed E-state index contributed by atoms with van der Waals surface area (Å²) in [6.45, 7) is 2.02. The van der Waals surface area contributed by atoms with Crippen LogP contribution in [-0.4, -0.2) is 29.0 Å². The second-order valence-corrected chi connectivity index (χ2v) is 4.57. The maximum Gasteiger partial charge on any atom is 2.00 e. The summed E-state index contributed by atoms with van der Waals surface area (Å²) in [4.78, 5) is 11.7. The second-order valence-electron chi connectivity index (χ2n) is 4.57. The number of ether oxygens (including phenoxy) is 1. The minimum absolute atomic E-state index is 0. The quantitative estimate of drug-likeness (QED) is 0.446. The molecule has 0 bridgehead atoms. The molecule has 0 saturated carbocycles. The molecule has 0 N–H and O–H groups in total. The van der Waals surface area contributed by atoms with E-state index in [4.69, 9.17) is 4.74 Å². The molecule has 0 atom stereocenters. The summed E-state index contributed by atoms with van der Waals surface area (Å²) in [7, 11) is 0. The van der Waals surface area contributed by atoms with Gasteiger partial charge in [0.1, 0.15) is 5.75 Å². The van der Waals surface area contributed by atoms with Crippen LogP contribution in [0.25, 0.3) is 11.1 Å². The zero-order chi connectivity index (χ0) is 14.4. The third kappa shape index (κ3) is 5.52. The van der Waals surface area contributed by atoms with Crippen molar-refractivity contribution in [1.29, 1.82) is 0 Å². The normalized spacial score (nSPS) is 9.32. The van der Waals surface area contributed by atoms with Gasteiger partial charge >= 0.3 is 29.0 Å². The molecule has 0 heterocycles. The van der Waals surface area contributed by atoms with Crippen LogP contribution in [0.15, 0.2) is 48.5 Å². The van der Waals surface area contributed by atoms with Gasteiger partial charge in [-0.05, 0) is 18.1 Å². The van der Waals surface area contributed by atoms with Crippen LogP contribution in [0.4, 0.5) is 0 Å². The molecule has 2 rings (SSSR count). The standard InChI is InChI=1S/C17H18O3.ClH.Mg/c1-2-3-12-17(19)20-16-11-7-5-9-14(16)13-8-4-6-10-15(13)18;;/h4-11,18H,2-3,12H2,1H3;1H;/q;;+2/p-2. The van der Waals surface area contributed by atoms with Crippen LogP contribution in [0.5, 0.6) is 11.5 Å². The Balaban J connectivity index is 0.00000220. The van der Waals surface area contributed by atoms with Crippen LogP contribution in [0.1, 0.15) is 26.2 Å². The van der Waals surface area contributed by atoms with E-state index in [-0.39, 0.29) is 47.2 Å². The summed E-state index contributed by atoms with van der Waals surface area (Å²) < 4.78 is 5.38. The first-order valence-electron chi connectivity index (χ1n) is 6.78. The second kappa shape index (κ2) is 10.5. The van der Waals surface area contributed by atoms with E-state index < -0.39 is 0 Å². The van der Waals surface area contributed by atoms with Crippen molar-refractivity contribution in [2.75, 3.05) is 0 Å². The molecule has 0 radical (unpaired) electrons. The number of esters is 1. The van der Waals surface area contributed by atoms with Crippen molar-refractivity contribution >= 4 is 29.0 Å². The van der Waals surface area contributed by atoms with Gasteiger partial charge in [-0.15, -0.1) is 5.75 Å². The SMILES string of the molecule is CCCCC(=O)Oc1ccccc1-c1ccccc1[O-].[Cl-].[Mg+2]. The monoisotopic (exact) mass is 328 g/mol. The Morgan fingerprint density at radius 3 is 2.27 bits per heavy atom. The van der Waals surface area contributed by atoms with Gasteiger partial charge in [-0.1, -0.05) is 55.8 Å². The molecule has 0 aliphatic carbocycles. The van der Waals surface area contributed by atoms with Crippen LogP contribution in [0.3, 0.4) is 0 Å². The fraction of sp³-hybridized carbons (Fsp3) is 0.235. The van der Waals surface area contributed by atoms with Crippen molar-refractivity contribution in [3.05, 3.63) is 48.5 Å². The van der Waals surface area contributed by atoms with Crippen molar-refractivity contribution in [2.45, 2.75) is 26.2 Å². The summed E-state index contributed by atoms with van der Waals surface area (Å²) in [5.74, 6) is 0.101. The van der Waals surface area contributed by atoms with Gasteiger partial charge in [-0.2, -0.15) is 0 Å². The van der Waals surface area contributed by atoms with Crippen molar-refractivity contribution < 1.29 is 27.0 Å². The van der Waals surface area contributed by atoms with Crippen molar-refractivity contribution in [1.82, 2.24) is 0 Å². The van der Waals surface area contributed by atoms with Crippen molar-refractivity contribution in [2.24, 2.45) is 0 Å². The van der Waals surface area contributed by atoms with E-state index in [1.54, 1.807) is 36.4 Å². The minimum atomic E-state index is -0.261. The Morgan fingerprint density at radius 1 is 1.05 bits per heavy atom. The molecule has 5 heteroatoms. The fourth-order valence-electron chi connectivity index (χ4n) is 1.96. The van der Waals surface area contributed by atoms with Gasteiger partial charge in [0.05, 0.1) is 0 Å². The molecule has 0 saturated heterocycles. The van der Waals surface area contributed by atoms with E-state index >= 15 is 0 Å². The van der Waals surface area contributed by atoms with E-state index in [1.807, 2.05) is 13.0 Å². The molecular formula is C17H17ClMgO3. The molecule has 22 heavy (non-hydrogen) atoms. The number of halogens is 1. The number of hydrogen-bond donors (Lipinski definition) is 0. The molecule has 0 aliphatic rings. The number of para-hydroxylation sites is 2. The molecule has 112 valence electrons. The molecule has 0 aliphatic heterocycles. The minimum Gasteiger partial charge on any atom is -1.00 e. The van der Waals surface area contributed by atoms with Crippen LogP contribution >= 0.6 is 0 Å². The average molecular weight is 329 g/mol. The zero-order valence-corrected chi connectivity index (χ0v) is 14.7. The Kier molecular flexibility index (Phi) is 9.90. The topological polar surface area (TPSA) is 49.4 Å². The Labute approximate surface area is 153 Å². The van der Waals surface area contributed by atoms with Gasteiger partial charge in [0.25, 0.3) is 0 Å². The van der Waals surface area contributed by atoms with E-state index in [2.05, 4.69) is 0 Å². The summed E-state index contributed by atoms with van der Waals surface area (Å²) >= 11 is 0. The predicted molar refractivity (Wildman–Crippen MR) is 82.2 cm³/mol. The number of benzene rings is 2. The smallest absolute Gasteiger partial charge is 1.00 e. The molecular weight excluding hydrogens is 312 g/mol. The summed E-state index contributed by atoms with van der Waals surface area (Å²) in [5.41, 5.74) is 1.20. The van der Waals surface area contributed by atoms with Gasteiger partial charge in [0.2, 0.25) is 0 Å². The molecule has 2 aromatic rings. The molecule has 3 nitrogen and oxygen atoms in total. The Morgan fingerprint density at radius 2 is 1.64 bits per heavy atom. The van der Waals surface area contributed by atoms with E-state index in [1.165, 1.54) is 6.07 Å². The molecule has 0 amide bonds. The molecule has 0 aromatic heterocycles. The third-order valence-corrected chi connectivity index (χ3v) is 3.02. The molecule has 0 unspecified atom stereocenters. The maximum atomic E-state index is 11.9. The number of carbonyl (C=O) groups is 1. The van der Waals surface area contributed by atoms with Crippen molar-refractivity contribution in [3.8, 4) is 22.6 Å². The largest absolute Gasteiger partial charge is 2.00 e. The summed E-state index contributed by atoms with van der Waals surface area (Å²) in [6, 6.07) is 13.9. The van der Waals surface area contributed by atoms with Crippen LogP contribution in [0, 0.1) is 0 Å². The zero-order valence-electron chi connectivity index (χ0n) is 12.5. The van der Waals surface area contributed by atoms with Gasteiger partial charge in [-0.25, -0.2) is 0 Å². The van der Waals surface area contributed by atoms with Gasteiger partial charge in [0, 0.05) is 12.0 Å². The first-order valence-corrected chi connectivity index (χ1v) is 6.78. The maximum absolute atomic E-state index is 11.9. The Bertz CT molecular complexity index is 602. The molecule has 0 fully saturated rings. The number of unbranched alkanes of at least 4 members (excludes halogenated alkanes) is 1. The van der Waals surface area contributed by atoms with Crippen molar-refractivity contribution in [3.63, 3.8) is 0 Å². The third-order valence-electron chi connectivity index (χ3n) is 3.02. The molecule has 2 aromatic carbocycles. The molecule has 0 spiro atoms. The number of rotatable bonds is 5. The van der Waals surface area contributed by atoms with E-state index in [0.29, 0.717) is 23.3 Å². The summed E-state index contributed by atoms with van der Waals surface area (Å²) in [5, 5.41) is 11.9. The van der Waals surface area contributed by atoms with Gasteiger partial charge in [0.15, 0.2) is 0 Å². The fourth-order valence-corrected chi connectivity index (χ4v) is 1.96. The number of carbonyl (C=O) groups excluding carboxylic acids is 1. The average Bonchev–Trinajstić information content (AvgIpc) is 2.46. The summed E-state index contributed by atoms with van der Waals surface area (Å²) in [6.07, 6.45) is 2.14. The Hall–Kier alpha value is -1.23. The van der Waals surface area contributed by atoms with E-state index in [9.17, 15) is 9.90 Å².